The summed E-state index contributed by atoms with van der Waals surface area (Å²) in [5, 5.41) is 6.45. The van der Waals surface area contributed by atoms with Crippen molar-refractivity contribution in [2.45, 2.75) is 70.0 Å². The van der Waals surface area contributed by atoms with Crippen LogP contribution >= 0.6 is 0 Å². The Balaban J connectivity index is 1.12. The third-order valence-corrected chi connectivity index (χ3v) is 7.02. The number of nitrogens with zero attached hydrogens (tertiary/aromatic N) is 2. The van der Waals surface area contributed by atoms with Gasteiger partial charge in [-0.3, -0.25) is 4.90 Å². The van der Waals surface area contributed by atoms with Crippen LogP contribution in [-0.2, 0) is 6.54 Å². The molecule has 5 heteroatoms. The van der Waals surface area contributed by atoms with E-state index in [0.717, 1.165) is 57.9 Å². The molecule has 1 aliphatic carbocycles. The second kappa shape index (κ2) is 10.4. The quantitative estimate of drug-likeness (QED) is 0.770. The molecule has 0 aromatic heterocycles. The Morgan fingerprint density at radius 2 is 1.48 bits per heavy atom. The zero-order valence-corrected chi connectivity index (χ0v) is 17.8. The molecule has 5 nitrogen and oxygen atoms in total. The highest BCUT2D eigenvalue weighted by Gasteiger charge is 2.26. The van der Waals surface area contributed by atoms with Crippen molar-refractivity contribution in [1.82, 2.24) is 20.4 Å². The van der Waals surface area contributed by atoms with E-state index in [0.29, 0.717) is 6.04 Å². The Morgan fingerprint density at radius 1 is 0.828 bits per heavy atom. The number of piperidine rings is 1. The smallest absolute Gasteiger partial charge is 0.315 e. The Kier molecular flexibility index (Phi) is 7.44. The zero-order chi connectivity index (χ0) is 19.9. The predicted octanol–water partition coefficient (Wildman–Crippen LogP) is 3.60. The predicted molar refractivity (Wildman–Crippen MR) is 118 cm³/mol. The lowest BCUT2D eigenvalue weighted by Gasteiger charge is -2.35. The van der Waals surface area contributed by atoms with Crippen molar-refractivity contribution in [2.75, 3.05) is 32.7 Å². The van der Waals surface area contributed by atoms with Crippen LogP contribution in [0.4, 0.5) is 4.79 Å². The van der Waals surface area contributed by atoms with E-state index >= 15 is 0 Å². The molecular formula is C24H38N4O. The fourth-order valence-electron chi connectivity index (χ4n) is 5.34. The molecule has 2 amide bonds. The molecule has 4 rings (SSSR count). The summed E-state index contributed by atoms with van der Waals surface area (Å²) in [5.41, 5.74) is 1.34. The minimum atomic E-state index is 0.0299. The van der Waals surface area contributed by atoms with E-state index in [-0.39, 0.29) is 12.1 Å². The lowest BCUT2D eigenvalue weighted by molar-refractivity contribution is 0.155. The minimum absolute atomic E-state index is 0.0299. The molecule has 1 saturated carbocycles. The van der Waals surface area contributed by atoms with Gasteiger partial charge >= 0.3 is 6.03 Å². The third-order valence-electron chi connectivity index (χ3n) is 7.02. The first-order valence-corrected chi connectivity index (χ1v) is 11.8. The number of carbonyl (C=O) groups excluding carboxylic acids is 1. The number of amides is 2. The van der Waals surface area contributed by atoms with Crippen molar-refractivity contribution in [2.24, 2.45) is 5.92 Å². The normalized spacial score (nSPS) is 25.2. The van der Waals surface area contributed by atoms with Crippen molar-refractivity contribution in [3.05, 3.63) is 35.9 Å². The molecule has 0 bridgehead atoms. The number of carbonyl (C=O) groups is 1. The van der Waals surface area contributed by atoms with Gasteiger partial charge in [-0.1, -0.05) is 49.6 Å². The van der Waals surface area contributed by atoms with Gasteiger partial charge in [0.15, 0.2) is 0 Å². The fraction of sp³-hybridized carbons (Fsp3) is 0.708. The van der Waals surface area contributed by atoms with E-state index in [9.17, 15) is 4.79 Å². The van der Waals surface area contributed by atoms with Gasteiger partial charge < -0.3 is 15.5 Å². The highest BCUT2D eigenvalue weighted by Crippen LogP contribution is 2.25. The van der Waals surface area contributed by atoms with E-state index in [4.69, 9.17) is 0 Å². The van der Waals surface area contributed by atoms with Crippen LogP contribution in [0.2, 0.25) is 0 Å². The lowest BCUT2D eigenvalue weighted by Crippen LogP contribution is -2.51. The number of rotatable bonds is 6. The first-order valence-electron chi connectivity index (χ1n) is 11.8. The molecule has 0 spiro atoms. The van der Waals surface area contributed by atoms with Gasteiger partial charge in [-0.25, -0.2) is 4.79 Å². The Labute approximate surface area is 176 Å². The van der Waals surface area contributed by atoms with Gasteiger partial charge in [-0.15, -0.1) is 0 Å². The molecule has 1 aromatic rings. The Bertz CT molecular complexity index is 623. The van der Waals surface area contributed by atoms with Crippen LogP contribution < -0.4 is 10.6 Å². The van der Waals surface area contributed by atoms with Crippen LogP contribution in [0.5, 0.6) is 0 Å². The van der Waals surface area contributed by atoms with Gasteiger partial charge in [0.05, 0.1) is 0 Å². The fourth-order valence-corrected chi connectivity index (χ4v) is 5.34. The molecule has 2 heterocycles. The maximum Gasteiger partial charge on any atom is 0.315 e. The van der Waals surface area contributed by atoms with Gasteiger partial charge in [0, 0.05) is 51.4 Å². The Morgan fingerprint density at radius 3 is 2.24 bits per heavy atom. The number of benzene rings is 1. The maximum atomic E-state index is 12.5. The number of nitrogens with one attached hydrogen (secondary N) is 2. The third kappa shape index (κ3) is 6.45. The average molecular weight is 399 g/mol. The van der Waals surface area contributed by atoms with Crippen LogP contribution in [-0.4, -0.2) is 60.6 Å². The van der Waals surface area contributed by atoms with E-state index in [2.05, 4.69) is 50.8 Å². The molecule has 160 valence electrons. The first-order chi connectivity index (χ1) is 14.2. The number of likely N-dealkylation sites (tertiary alicyclic amines) is 2. The topological polar surface area (TPSA) is 47.6 Å². The average Bonchev–Trinajstić information content (AvgIpc) is 3.17. The van der Waals surface area contributed by atoms with Crippen LogP contribution in [0.25, 0.3) is 0 Å². The summed E-state index contributed by atoms with van der Waals surface area (Å²) in [4.78, 5) is 17.5. The summed E-state index contributed by atoms with van der Waals surface area (Å²) >= 11 is 0. The van der Waals surface area contributed by atoms with Crippen LogP contribution in [0.3, 0.4) is 0 Å². The van der Waals surface area contributed by atoms with Gasteiger partial charge in [0.2, 0.25) is 0 Å². The molecule has 2 N–H and O–H groups in total. The summed E-state index contributed by atoms with van der Waals surface area (Å²) < 4.78 is 0. The van der Waals surface area contributed by atoms with E-state index in [1.807, 2.05) is 0 Å². The molecule has 1 unspecified atom stereocenters. The number of hydrogen-bond donors (Lipinski definition) is 2. The van der Waals surface area contributed by atoms with Crippen molar-refractivity contribution >= 4 is 6.03 Å². The van der Waals surface area contributed by atoms with E-state index in [1.54, 1.807) is 0 Å². The molecule has 29 heavy (non-hydrogen) atoms. The molecule has 1 atom stereocenters. The monoisotopic (exact) mass is 398 g/mol. The first kappa shape index (κ1) is 20.7. The van der Waals surface area contributed by atoms with Crippen molar-refractivity contribution in [1.29, 1.82) is 0 Å². The highest BCUT2D eigenvalue weighted by atomic mass is 16.2. The molecular weight excluding hydrogens is 360 g/mol. The second-order valence-corrected chi connectivity index (χ2v) is 9.40. The molecule has 3 fully saturated rings. The lowest BCUT2D eigenvalue weighted by atomic mass is 9.88. The molecule has 2 saturated heterocycles. The van der Waals surface area contributed by atoms with Crippen molar-refractivity contribution in [3.8, 4) is 0 Å². The largest absolute Gasteiger partial charge is 0.335 e. The van der Waals surface area contributed by atoms with Crippen LogP contribution in [0, 0.1) is 5.92 Å². The van der Waals surface area contributed by atoms with Gasteiger partial charge in [-0.05, 0) is 43.6 Å². The van der Waals surface area contributed by atoms with Gasteiger partial charge in [0.1, 0.15) is 0 Å². The summed E-state index contributed by atoms with van der Waals surface area (Å²) in [7, 11) is 0. The molecule has 1 aromatic carbocycles. The van der Waals surface area contributed by atoms with Gasteiger partial charge in [-0.2, -0.15) is 0 Å². The summed E-state index contributed by atoms with van der Waals surface area (Å²) in [6.45, 7) is 6.52. The second-order valence-electron chi connectivity index (χ2n) is 9.40. The van der Waals surface area contributed by atoms with Crippen molar-refractivity contribution in [3.63, 3.8) is 0 Å². The minimum Gasteiger partial charge on any atom is -0.335 e. The Hall–Kier alpha value is -1.59. The SMILES string of the molecule is O=C(NC1CCN(CC2CCCCC2)CC1)NC1CCN(Cc2ccccc2)C1. The standard InChI is InChI=1S/C24H38N4O/c29-24(26-23-13-16-28(19-23)18-21-9-5-2-6-10-21)25-22-11-14-27(15-12-22)17-20-7-3-1-4-8-20/h2,5-6,9-10,20,22-23H,1,3-4,7-8,11-19H2,(H2,25,26,29). The maximum absolute atomic E-state index is 12.5. The summed E-state index contributed by atoms with van der Waals surface area (Å²) in [6, 6.07) is 11.2. The zero-order valence-electron chi connectivity index (χ0n) is 17.8. The molecule has 0 radical (unpaired) electrons. The van der Waals surface area contributed by atoms with E-state index < -0.39 is 0 Å². The van der Waals surface area contributed by atoms with Crippen LogP contribution in [0.15, 0.2) is 30.3 Å². The van der Waals surface area contributed by atoms with Crippen LogP contribution in [0.1, 0.15) is 56.9 Å². The number of hydrogen-bond acceptors (Lipinski definition) is 3. The number of urea groups is 1. The molecule has 2 aliphatic heterocycles. The van der Waals surface area contributed by atoms with Gasteiger partial charge in [0.25, 0.3) is 0 Å². The summed E-state index contributed by atoms with van der Waals surface area (Å²) in [6.07, 6.45) is 10.3. The molecule has 3 aliphatic rings. The van der Waals surface area contributed by atoms with E-state index in [1.165, 1.54) is 44.2 Å². The summed E-state index contributed by atoms with van der Waals surface area (Å²) in [5.74, 6) is 0.915. The van der Waals surface area contributed by atoms with Crippen molar-refractivity contribution < 1.29 is 4.79 Å². The highest BCUT2D eigenvalue weighted by molar-refractivity contribution is 5.74.